The summed E-state index contributed by atoms with van der Waals surface area (Å²) in [7, 11) is 1.17. The molecule has 0 saturated carbocycles. The maximum absolute atomic E-state index is 13.5. The van der Waals surface area contributed by atoms with Gasteiger partial charge in [-0.2, -0.15) is 18.4 Å². The largest absolute Gasteiger partial charge is 0.496 e. The van der Waals surface area contributed by atoms with E-state index in [1.54, 1.807) is 18.2 Å². The van der Waals surface area contributed by atoms with Gasteiger partial charge < -0.3 is 9.47 Å². The molecule has 0 unspecified atom stereocenters. The monoisotopic (exact) mass is 553 g/mol. The van der Waals surface area contributed by atoms with Gasteiger partial charge in [-0.25, -0.2) is 19.3 Å². The SMILES string of the molecule is COC(=O)C1=C(C)N(c2cccc(C(F)(F)F)c2)c2n[nH]c(=O)n2[C@@H]1c1ccc(C#N)cc1C=COC(C)(C)C. The second kappa shape index (κ2) is 10.4. The minimum Gasteiger partial charge on any atom is -0.496 e. The van der Waals surface area contributed by atoms with E-state index in [4.69, 9.17) is 9.47 Å². The third kappa shape index (κ3) is 5.36. The molecule has 0 radical (unpaired) electrons. The van der Waals surface area contributed by atoms with E-state index in [0.29, 0.717) is 16.7 Å². The Bertz CT molecular complexity index is 1620. The fraction of sp³-hybridized carbons (Fsp3) is 0.286. The fourth-order valence-electron chi connectivity index (χ4n) is 4.43. The summed E-state index contributed by atoms with van der Waals surface area (Å²) in [6, 6.07) is 10.1. The number of ether oxygens (including phenoxy) is 2. The summed E-state index contributed by atoms with van der Waals surface area (Å²) in [5.74, 6) is -0.840. The van der Waals surface area contributed by atoms with Gasteiger partial charge in [-0.1, -0.05) is 12.1 Å². The number of allylic oxidation sites excluding steroid dienone is 1. The number of nitriles is 1. The molecule has 4 rings (SSSR count). The highest BCUT2D eigenvalue weighted by Gasteiger charge is 2.40. The molecule has 40 heavy (non-hydrogen) atoms. The molecule has 1 aliphatic heterocycles. The molecular formula is C28H26F3N5O4. The van der Waals surface area contributed by atoms with Crippen LogP contribution in [0.15, 0.2) is 64.8 Å². The van der Waals surface area contributed by atoms with Crippen LogP contribution in [0.25, 0.3) is 6.08 Å². The Morgan fingerprint density at radius 2 is 1.90 bits per heavy atom. The van der Waals surface area contributed by atoms with Crippen LogP contribution in [0.3, 0.4) is 0 Å². The summed E-state index contributed by atoms with van der Waals surface area (Å²) in [5, 5.41) is 15.9. The number of aromatic amines is 1. The van der Waals surface area contributed by atoms with Gasteiger partial charge in [0, 0.05) is 11.4 Å². The van der Waals surface area contributed by atoms with Crippen molar-refractivity contribution in [1.82, 2.24) is 14.8 Å². The second-order valence-electron chi connectivity index (χ2n) is 9.96. The van der Waals surface area contributed by atoms with E-state index in [1.807, 2.05) is 20.8 Å². The summed E-state index contributed by atoms with van der Waals surface area (Å²) in [6.07, 6.45) is -1.57. The lowest BCUT2D eigenvalue weighted by molar-refractivity contribution is -0.138. The van der Waals surface area contributed by atoms with Gasteiger partial charge in [-0.05, 0) is 75.2 Å². The minimum atomic E-state index is -4.62. The zero-order chi connectivity index (χ0) is 29.4. The number of esters is 1. The normalized spacial score (nSPS) is 15.7. The molecule has 0 amide bonds. The lowest BCUT2D eigenvalue weighted by atomic mass is 9.90. The van der Waals surface area contributed by atoms with Crippen LogP contribution < -0.4 is 10.6 Å². The van der Waals surface area contributed by atoms with E-state index < -0.39 is 35.0 Å². The van der Waals surface area contributed by atoms with E-state index in [-0.39, 0.29) is 22.9 Å². The Morgan fingerprint density at radius 3 is 2.52 bits per heavy atom. The molecule has 1 aliphatic rings. The van der Waals surface area contributed by atoms with Crippen molar-refractivity contribution in [3.63, 3.8) is 0 Å². The van der Waals surface area contributed by atoms with Gasteiger partial charge in [-0.15, -0.1) is 5.10 Å². The average Bonchev–Trinajstić information content (AvgIpc) is 3.27. The van der Waals surface area contributed by atoms with Gasteiger partial charge in [0.1, 0.15) is 6.04 Å². The van der Waals surface area contributed by atoms with Crippen LogP contribution in [0, 0.1) is 11.3 Å². The number of nitrogens with zero attached hydrogens (tertiary/aromatic N) is 4. The molecule has 2 heterocycles. The van der Waals surface area contributed by atoms with Crippen LogP contribution in [0.1, 0.15) is 56.0 Å². The molecular weight excluding hydrogens is 527 g/mol. The maximum atomic E-state index is 13.5. The number of rotatable bonds is 5. The van der Waals surface area contributed by atoms with Crippen LogP contribution in [-0.2, 0) is 20.4 Å². The van der Waals surface area contributed by atoms with E-state index in [1.165, 1.54) is 48.0 Å². The Kier molecular flexibility index (Phi) is 7.34. The van der Waals surface area contributed by atoms with Gasteiger partial charge in [0.25, 0.3) is 0 Å². The number of halogens is 3. The van der Waals surface area contributed by atoms with E-state index >= 15 is 0 Å². The van der Waals surface area contributed by atoms with E-state index in [2.05, 4.69) is 16.3 Å². The van der Waals surface area contributed by atoms with Crippen molar-refractivity contribution in [2.45, 2.75) is 45.5 Å². The summed E-state index contributed by atoms with van der Waals surface area (Å²) in [6.45, 7) is 7.09. The molecule has 3 aromatic rings. The molecule has 1 aromatic heterocycles. The number of H-pyrrole nitrogens is 1. The van der Waals surface area contributed by atoms with Crippen molar-refractivity contribution in [3.05, 3.63) is 92.7 Å². The lowest BCUT2D eigenvalue weighted by Gasteiger charge is -2.36. The van der Waals surface area contributed by atoms with Crippen LogP contribution in [0.5, 0.6) is 0 Å². The number of fused-ring (bicyclic) bond motifs is 1. The molecule has 0 fully saturated rings. The third-order valence-electron chi connectivity index (χ3n) is 6.16. The predicted molar refractivity (Wildman–Crippen MR) is 140 cm³/mol. The zero-order valence-corrected chi connectivity index (χ0v) is 22.3. The molecule has 0 aliphatic carbocycles. The summed E-state index contributed by atoms with van der Waals surface area (Å²) in [4.78, 5) is 27.7. The fourth-order valence-corrected chi connectivity index (χ4v) is 4.43. The third-order valence-corrected chi connectivity index (χ3v) is 6.16. The molecule has 9 nitrogen and oxygen atoms in total. The van der Waals surface area contributed by atoms with Crippen molar-refractivity contribution < 1.29 is 27.4 Å². The highest BCUT2D eigenvalue weighted by atomic mass is 19.4. The standard InChI is InChI=1S/C28H26F3N5O4/c1-16-22(24(37)39-5)23(21-10-9-17(15-32)13-18(21)11-12-40-27(2,3)4)36-25(33-34-26(36)38)35(16)20-8-6-7-19(14-20)28(29,30)31/h6-14,23H,1-5H3,(H,34,38)/t23-/m1/s1. The Morgan fingerprint density at radius 1 is 1.18 bits per heavy atom. The number of alkyl halides is 3. The molecule has 0 bridgehead atoms. The molecule has 0 spiro atoms. The number of carbonyl (C=O) groups excluding carboxylic acids is 1. The van der Waals surface area contributed by atoms with Crippen molar-refractivity contribution >= 4 is 23.7 Å². The minimum absolute atomic E-state index is 0.00740. The molecule has 1 N–H and O–H groups in total. The first-order valence-electron chi connectivity index (χ1n) is 12.1. The smallest absolute Gasteiger partial charge is 0.416 e. The Labute approximate surface area is 227 Å². The molecule has 12 heteroatoms. The molecule has 1 atom stereocenters. The first-order valence-corrected chi connectivity index (χ1v) is 12.1. The number of methoxy groups -OCH3 is 1. The molecule has 0 saturated heterocycles. The van der Waals surface area contributed by atoms with Crippen LogP contribution >= 0.6 is 0 Å². The maximum Gasteiger partial charge on any atom is 0.416 e. The number of anilines is 2. The van der Waals surface area contributed by atoms with Crippen molar-refractivity contribution in [1.29, 1.82) is 5.26 Å². The van der Waals surface area contributed by atoms with Crippen molar-refractivity contribution in [2.24, 2.45) is 0 Å². The van der Waals surface area contributed by atoms with Gasteiger partial charge >= 0.3 is 17.8 Å². The Balaban J connectivity index is 2.00. The van der Waals surface area contributed by atoms with E-state index in [9.17, 15) is 28.0 Å². The predicted octanol–water partition coefficient (Wildman–Crippen LogP) is 5.44. The highest BCUT2D eigenvalue weighted by molar-refractivity contribution is 5.94. The average molecular weight is 554 g/mol. The molecule has 208 valence electrons. The quantitative estimate of drug-likeness (QED) is 0.331. The van der Waals surface area contributed by atoms with Crippen molar-refractivity contribution in [2.75, 3.05) is 12.0 Å². The second-order valence-corrected chi connectivity index (χ2v) is 9.96. The number of hydrogen-bond donors (Lipinski definition) is 1. The van der Waals surface area contributed by atoms with E-state index in [0.717, 1.165) is 12.1 Å². The first-order chi connectivity index (χ1) is 18.8. The van der Waals surface area contributed by atoms with Gasteiger partial charge in [0.05, 0.1) is 41.7 Å². The summed E-state index contributed by atoms with van der Waals surface area (Å²) < 4.78 is 52.6. The number of hydrogen-bond acceptors (Lipinski definition) is 7. The number of benzene rings is 2. The Hall–Kier alpha value is -4.79. The van der Waals surface area contributed by atoms with Crippen LogP contribution in [0.4, 0.5) is 24.8 Å². The van der Waals surface area contributed by atoms with Crippen LogP contribution in [-0.4, -0.2) is 33.4 Å². The number of nitrogens with one attached hydrogen (secondary N) is 1. The number of carbonyl (C=O) groups is 1. The van der Waals surface area contributed by atoms with Crippen LogP contribution in [0.2, 0.25) is 0 Å². The summed E-state index contributed by atoms with van der Waals surface area (Å²) in [5.41, 5.74) is -0.692. The van der Waals surface area contributed by atoms with Crippen molar-refractivity contribution in [3.8, 4) is 6.07 Å². The van der Waals surface area contributed by atoms with Gasteiger partial charge in [0.15, 0.2) is 0 Å². The lowest BCUT2D eigenvalue weighted by Crippen LogP contribution is -2.38. The molecule has 2 aromatic carbocycles. The topological polar surface area (TPSA) is 113 Å². The van der Waals surface area contributed by atoms with Gasteiger partial charge in [0.2, 0.25) is 5.95 Å². The van der Waals surface area contributed by atoms with Gasteiger partial charge in [-0.3, -0.25) is 4.90 Å². The first kappa shape index (κ1) is 28.2. The number of aromatic nitrogens is 3. The summed E-state index contributed by atoms with van der Waals surface area (Å²) >= 11 is 0. The highest BCUT2D eigenvalue weighted by Crippen LogP contribution is 2.43. The zero-order valence-electron chi connectivity index (χ0n) is 22.3.